The Morgan fingerprint density at radius 3 is 2.11 bits per heavy atom. The number of hydrogen-bond acceptors (Lipinski definition) is 4. The van der Waals surface area contributed by atoms with Crippen molar-refractivity contribution in [3.05, 3.63) is 41.0 Å². The lowest BCUT2D eigenvalue weighted by Gasteiger charge is -2.35. The van der Waals surface area contributed by atoms with E-state index >= 15 is 0 Å². The number of sulfonamides is 1. The second-order valence-electron chi connectivity index (χ2n) is 7.77. The van der Waals surface area contributed by atoms with Crippen molar-refractivity contribution in [3.8, 4) is 0 Å². The molecule has 0 aromatic heterocycles. The van der Waals surface area contributed by atoms with Crippen LogP contribution in [0.2, 0.25) is 0 Å². The van der Waals surface area contributed by atoms with E-state index in [-0.39, 0.29) is 5.91 Å². The minimum atomic E-state index is -3.53. The zero-order valence-corrected chi connectivity index (χ0v) is 18.6. The molecule has 1 amide bonds. The third-order valence-electron chi connectivity index (χ3n) is 5.09. The predicted molar refractivity (Wildman–Crippen MR) is 113 cm³/mol. The van der Waals surface area contributed by atoms with Crippen LogP contribution in [0.25, 0.3) is 0 Å². The SMILES string of the molecule is C=C(C)CN(CC)C(=O)CN1CCN(S(=O)(=O)c2c(C)cc(C)cc2C)CC1. The number of piperazine rings is 1. The normalized spacial score (nSPS) is 16.2. The Labute approximate surface area is 169 Å². The van der Waals surface area contributed by atoms with Gasteiger partial charge in [-0.05, 0) is 45.7 Å². The maximum Gasteiger partial charge on any atom is 0.243 e. The summed E-state index contributed by atoms with van der Waals surface area (Å²) >= 11 is 0. The molecule has 1 aromatic carbocycles. The maximum absolute atomic E-state index is 13.2. The molecular formula is C21H33N3O3S. The monoisotopic (exact) mass is 407 g/mol. The molecule has 1 aliphatic rings. The Morgan fingerprint density at radius 2 is 1.64 bits per heavy atom. The van der Waals surface area contributed by atoms with Crippen molar-refractivity contribution in [2.24, 2.45) is 0 Å². The number of carbonyl (C=O) groups is 1. The molecule has 0 unspecified atom stereocenters. The average Bonchev–Trinajstić information content (AvgIpc) is 2.58. The minimum absolute atomic E-state index is 0.0621. The van der Waals surface area contributed by atoms with Crippen LogP contribution in [0.5, 0.6) is 0 Å². The molecule has 0 atom stereocenters. The summed E-state index contributed by atoms with van der Waals surface area (Å²) < 4.78 is 27.9. The van der Waals surface area contributed by atoms with Gasteiger partial charge in [0.25, 0.3) is 0 Å². The molecule has 28 heavy (non-hydrogen) atoms. The molecule has 1 aromatic rings. The van der Waals surface area contributed by atoms with Gasteiger partial charge >= 0.3 is 0 Å². The summed E-state index contributed by atoms with van der Waals surface area (Å²) in [6, 6.07) is 3.82. The van der Waals surface area contributed by atoms with Crippen LogP contribution in [0.1, 0.15) is 30.5 Å². The molecule has 0 saturated carbocycles. The van der Waals surface area contributed by atoms with E-state index < -0.39 is 10.0 Å². The molecule has 0 radical (unpaired) electrons. The van der Waals surface area contributed by atoms with Gasteiger partial charge in [0.1, 0.15) is 0 Å². The third kappa shape index (κ3) is 5.21. The van der Waals surface area contributed by atoms with Crippen molar-refractivity contribution in [1.82, 2.24) is 14.1 Å². The lowest BCUT2D eigenvalue weighted by Crippen LogP contribution is -2.51. The largest absolute Gasteiger partial charge is 0.338 e. The molecule has 0 aliphatic carbocycles. The smallest absolute Gasteiger partial charge is 0.243 e. The predicted octanol–water partition coefficient (Wildman–Crippen LogP) is 2.34. The standard InChI is InChI=1S/C21H33N3O3S/c1-7-23(14-16(2)3)20(25)15-22-8-10-24(11-9-22)28(26,27)21-18(5)12-17(4)13-19(21)6/h12-13H,2,7-11,14-15H2,1,3-6H3. The first kappa shape index (κ1) is 22.6. The summed E-state index contributed by atoms with van der Waals surface area (Å²) in [5, 5.41) is 0. The first-order valence-electron chi connectivity index (χ1n) is 9.78. The van der Waals surface area contributed by atoms with Crippen LogP contribution in [0.15, 0.2) is 29.2 Å². The Morgan fingerprint density at radius 1 is 1.11 bits per heavy atom. The van der Waals surface area contributed by atoms with E-state index in [1.54, 1.807) is 9.21 Å². The Balaban J connectivity index is 2.03. The molecule has 1 aliphatic heterocycles. The molecule has 7 heteroatoms. The van der Waals surface area contributed by atoms with Gasteiger partial charge in [-0.3, -0.25) is 9.69 Å². The van der Waals surface area contributed by atoms with Crippen LogP contribution in [0.3, 0.4) is 0 Å². The van der Waals surface area contributed by atoms with Crippen LogP contribution in [-0.2, 0) is 14.8 Å². The molecule has 0 N–H and O–H groups in total. The van der Waals surface area contributed by atoms with Crippen LogP contribution < -0.4 is 0 Å². The van der Waals surface area contributed by atoms with Gasteiger partial charge in [0, 0.05) is 39.3 Å². The Hall–Kier alpha value is -1.70. The average molecular weight is 408 g/mol. The number of nitrogens with zero attached hydrogens (tertiary/aromatic N) is 3. The van der Waals surface area contributed by atoms with Crippen molar-refractivity contribution in [2.45, 2.75) is 39.5 Å². The molecule has 156 valence electrons. The lowest BCUT2D eigenvalue weighted by molar-refractivity contribution is -0.132. The lowest BCUT2D eigenvalue weighted by atomic mass is 10.1. The molecule has 0 spiro atoms. The van der Waals surface area contributed by atoms with Gasteiger partial charge in [-0.25, -0.2) is 8.42 Å². The zero-order chi connectivity index (χ0) is 21.1. The highest BCUT2D eigenvalue weighted by atomic mass is 32.2. The highest BCUT2D eigenvalue weighted by molar-refractivity contribution is 7.89. The highest BCUT2D eigenvalue weighted by Crippen LogP contribution is 2.26. The number of likely N-dealkylation sites (N-methyl/N-ethyl adjacent to an activating group) is 1. The van der Waals surface area contributed by atoms with E-state index in [1.807, 2.05) is 51.7 Å². The number of benzene rings is 1. The molecular weight excluding hydrogens is 374 g/mol. The second-order valence-corrected chi connectivity index (χ2v) is 9.65. The molecule has 1 fully saturated rings. The van der Waals surface area contributed by atoms with Gasteiger partial charge in [0.2, 0.25) is 15.9 Å². The summed E-state index contributed by atoms with van der Waals surface area (Å²) in [5.74, 6) is 0.0621. The van der Waals surface area contributed by atoms with Crippen molar-refractivity contribution >= 4 is 15.9 Å². The molecule has 2 rings (SSSR count). The first-order valence-corrected chi connectivity index (χ1v) is 11.2. The van der Waals surface area contributed by atoms with Crippen molar-refractivity contribution in [2.75, 3.05) is 45.8 Å². The quantitative estimate of drug-likeness (QED) is 0.651. The van der Waals surface area contributed by atoms with Crippen molar-refractivity contribution in [3.63, 3.8) is 0 Å². The fourth-order valence-electron chi connectivity index (χ4n) is 3.82. The van der Waals surface area contributed by atoms with Gasteiger partial charge in [0.05, 0.1) is 11.4 Å². The fourth-order valence-corrected chi connectivity index (χ4v) is 5.66. The molecule has 1 heterocycles. The third-order valence-corrected chi connectivity index (χ3v) is 7.29. The number of amides is 1. The first-order chi connectivity index (χ1) is 13.1. The Kier molecular flexibility index (Phi) is 7.42. The van der Waals surface area contributed by atoms with E-state index in [9.17, 15) is 13.2 Å². The summed E-state index contributed by atoms with van der Waals surface area (Å²) in [5.41, 5.74) is 3.59. The molecule has 0 bridgehead atoms. The van der Waals surface area contributed by atoms with E-state index in [0.29, 0.717) is 50.7 Å². The van der Waals surface area contributed by atoms with Gasteiger partial charge in [-0.15, -0.1) is 0 Å². The van der Waals surface area contributed by atoms with Gasteiger partial charge in [-0.1, -0.05) is 29.8 Å². The molecule has 6 nitrogen and oxygen atoms in total. The summed E-state index contributed by atoms with van der Waals surface area (Å²) in [6.07, 6.45) is 0. The number of rotatable bonds is 7. The summed E-state index contributed by atoms with van der Waals surface area (Å²) in [7, 11) is -3.53. The van der Waals surface area contributed by atoms with Crippen LogP contribution in [0, 0.1) is 20.8 Å². The summed E-state index contributed by atoms with van der Waals surface area (Å²) in [4.78, 5) is 16.7. The van der Waals surface area contributed by atoms with Crippen molar-refractivity contribution in [1.29, 1.82) is 0 Å². The van der Waals surface area contributed by atoms with Crippen LogP contribution in [0.4, 0.5) is 0 Å². The Bertz CT molecular complexity index is 817. The van der Waals surface area contributed by atoms with Gasteiger partial charge < -0.3 is 4.90 Å². The maximum atomic E-state index is 13.2. The van der Waals surface area contributed by atoms with E-state index in [2.05, 4.69) is 6.58 Å². The topological polar surface area (TPSA) is 60.9 Å². The van der Waals surface area contributed by atoms with Crippen LogP contribution in [-0.4, -0.2) is 74.2 Å². The van der Waals surface area contributed by atoms with Crippen molar-refractivity contribution < 1.29 is 13.2 Å². The second kappa shape index (κ2) is 9.20. The highest BCUT2D eigenvalue weighted by Gasteiger charge is 2.31. The fraction of sp³-hybridized carbons (Fsp3) is 0.571. The van der Waals surface area contributed by atoms with Crippen LogP contribution >= 0.6 is 0 Å². The van der Waals surface area contributed by atoms with E-state index in [4.69, 9.17) is 0 Å². The number of hydrogen-bond donors (Lipinski definition) is 0. The zero-order valence-electron chi connectivity index (χ0n) is 17.8. The van der Waals surface area contributed by atoms with Gasteiger partial charge in [0.15, 0.2) is 0 Å². The number of aryl methyl sites for hydroxylation is 3. The number of carbonyl (C=O) groups excluding carboxylic acids is 1. The minimum Gasteiger partial charge on any atom is -0.338 e. The van der Waals surface area contributed by atoms with Gasteiger partial charge in [-0.2, -0.15) is 4.31 Å². The summed E-state index contributed by atoms with van der Waals surface area (Å²) in [6.45, 7) is 16.8. The van der Waals surface area contributed by atoms with E-state index in [1.165, 1.54) is 0 Å². The molecule has 1 saturated heterocycles. The van der Waals surface area contributed by atoms with E-state index in [0.717, 1.165) is 22.3 Å².